The molecule has 0 heterocycles. The van der Waals surface area contributed by atoms with Gasteiger partial charge in [0.2, 0.25) is 5.91 Å². The molecule has 0 fully saturated rings. The number of carbonyl (C=O) groups is 1. The second kappa shape index (κ2) is 4.24. The number of aliphatic hydroxyl groups excluding tert-OH is 1. The summed E-state index contributed by atoms with van der Waals surface area (Å²) >= 11 is 0. The van der Waals surface area contributed by atoms with Crippen LogP contribution in [-0.4, -0.2) is 42.2 Å². The lowest BCUT2D eigenvalue weighted by Gasteiger charge is -2.22. The summed E-state index contributed by atoms with van der Waals surface area (Å²) in [4.78, 5) is 12.2. The highest BCUT2D eigenvalue weighted by atomic mass is 16.3. The van der Waals surface area contributed by atoms with Gasteiger partial charge in [0.15, 0.2) is 0 Å². The number of hydrogen-bond donors (Lipinski definition) is 2. The number of hydrogen-bond acceptors (Lipinski definition) is 3. The molecule has 0 saturated carbocycles. The monoisotopic (exact) mass is 146 g/mol. The van der Waals surface area contributed by atoms with Gasteiger partial charge >= 0.3 is 0 Å². The molecule has 0 aliphatic rings. The van der Waals surface area contributed by atoms with Gasteiger partial charge in [-0.15, -0.1) is 0 Å². The Labute approximate surface area is 60.6 Å². The molecule has 0 aliphatic heterocycles. The summed E-state index contributed by atoms with van der Waals surface area (Å²) in [7, 11) is 1.62. The zero-order chi connectivity index (χ0) is 8.15. The van der Waals surface area contributed by atoms with Crippen LogP contribution in [0, 0.1) is 0 Å². The lowest BCUT2D eigenvalue weighted by molar-refractivity contribution is -0.134. The SMILES string of the molecule is CC(CN)N(C)C(=O)CO. The largest absolute Gasteiger partial charge is 0.387 e. The van der Waals surface area contributed by atoms with E-state index < -0.39 is 6.61 Å². The van der Waals surface area contributed by atoms with Gasteiger partial charge in [-0.1, -0.05) is 0 Å². The van der Waals surface area contributed by atoms with E-state index in [9.17, 15) is 4.79 Å². The molecule has 10 heavy (non-hydrogen) atoms. The molecule has 4 nitrogen and oxygen atoms in total. The number of carbonyl (C=O) groups excluding carboxylic acids is 1. The predicted molar refractivity (Wildman–Crippen MR) is 38.4 cm³/mol. The van der Waals surface area contributed by atoms with Gasteiger partial charge in [-0.2, -0.15) is 0 Å². The maximum absolute atomic E-state index is 10.7. The molecule has 0 aromatic rings. The van der Waals surface area contributed by atoms with Crippen molar-refractivity contribution < 1.29 is 9.90 Å². The molecule has 0 saturated heterocycles. The van der Waals surface area contributed by atoms with Gasteiger partial charge in [0.1, 0.15) is 6.61 Å². The zero-order valence-corrected chi connectivity index (χ0v) is 6.37. The van der Waals surface area contributed by atoms with E-state index >= 15 is 0 Å². The van der Waals surface area contributed by atoms with Gasteiger partial charge < -0.3 is 15.7 Å². The van der Waals surface area contributed by atoms with Crippen LogP contribution in [0.4, 0.5) is 0 Å². The average Bonchev–Trinajstić information content (AvgIpc) is 2.00. The van der Waals surface area contributed by atoms with E-state index in [1.165, 1.54) is 4.90 Å². The van der Waals surface area contributed by atoms with Crippen LogP contribution in [0.25, 0.3) is 0 Å². The number of rotatable bonds is 3. The molecule has 1 unspecified atom stereocenters. The van der Waals surface area contributed by atoms with Crippen LogP contribution < -0.4 is 5.73 Å². The molecule has 60 valence electrons. The minimum absolute atomic E-state index is 0.000324. The maximum atomic E-state index is 10.7. The highest BCUT2D eigenvalue weighted by molar-refractivity contribution is 5.77. The minimum atomic E-state index is -0.444. The minimum Gasteiger partial charge on any atom is -0.387 e. The predicted octanol–water partition coefficient (Wildman–Crippen LogP) is -1.22. The van der Waals surface area contributed by atoms with E-state index in [4.69, 9.17) is 10.8 Å². The van der Waals surface area contributed by atoms with Crippen LogP contribution in [-0.2, 0) is 4.79 Å². The van der Waals surface area contributed by atoms with Crippen molar-refractivity contribution >= 4 is 5.91 Å². The maximum Gasteiger partial charge on any atom is 0.248 e. The molecule has 0 bridgehead atoms. The molecule has 0 aliphatic carbocycles. The van der Waals surface area contributed by atoms with Crippen LogP contribution in [0.3, 0.4) is 0 Å². The van der Waals surface area contributed by atoms with Crippen molar-refractivity contribution in [3.8, 4) is 0 Å². The topological polar surface area (TPSA) is 66.6 Å². The van der Waals surface area contributed by atoms with Crippen molar-refractivity contribution in [1.82, 2.24) is 4.90 Å². The van der Waals surface area contributed by atoms with Crippen LogP contribution in [0.5, 0.6) is 0 Å². The molecular weight excluding hydrogens is 132 g/mol. The van der Waals surface area contributed by atoms with Gasteiger partial charge in [-0.05, 0) is 6.92 Å². The Morgan fingerprint density at radius 2 is 2.30 bits per heavy atom. The smallest absolute Gasteiger partial charge is 0.248 e. The Morgan fingerprint density at radius 3 is 2.60 bits per heavy atom. The Morgan fingerprint density at radius 1 is 1.80 bits per heavy atom. The van der Waals surface area contributed by atoms with Crippen molar-refractivity contribution in [2.45, 2.75) is 13.0 Å². The molecule has 0 aromatic carbocycles. The lowest BCUT2D eigenvalue weighted by atomic mass is 10.3. The summed E-state index contributed by atoms with van der Waals surface area (Å²) in [6, 6.07) is -0.000324. The van der Waals surface area contributed by atoms with Crippen LogP contribution in [0.15, 0.2) is 0 Å². The Hall–Kier alpha value is -0.610. The summed E-state index contributed by atoms with van der Waals surface area (Å²) in [5.74, 6) is -0.294. The molecule has 0 radical (unpaired) electrons. The van der Waals surface area contributed by atoms with E-state index in [-0.39, 0.29) is 11.9 Å². The first kappa shape index (κ1) is 9.39. The van der Waals surface area contributed by atoms with E-state index in [0.29, 0.717) is 6.54 Å². The fraction of sp³-hybridized carbons (Fsp3) is 0.833. The molecule has 0 rings (SSSR count). The molecule has 1 atom stereocenters. The average molecular weight is 146 g/mol. The van der Waals surface area contributed by atoms with E-state index in [0.717, 1.165) is 0 Å². The first-order valence-corrected chi connectivity index (χ1v) is 3.20. The number of likely N-dealkylation sites (N-methyl/N-ethyl adjacent to an activating group) is 1. The Balaban J connectivity index is 3.81. The van der Waals surface area contributed by atoms with Crippen LogP contribution >= 0.6 is 0 Å². The van der Waals surface area contributed by atoms with Gasteiger partial charge in [0.25, 0.3) is 0 Å². The van der Waals surface area contributed by atoms with Crippen molar-refractivity contribution in [3.05, 3.63) is 0 Å². The second-order valence-electron chi connectivity index (χ2n) is 2.25. The highest BCUT2D eigenvalue weighted by Crippen LogP contribution is 1.92. The zero-order valence-electron chi connectivity index (χ0n) is 6.37. The first-order valence-electron chi connectivity index (χ1n) is 3.20. The van der Waals surface area contributed by atoms with Crippen molar-refractivity contribution in [1.29, 1.82) is 0 Å². The first-order chi connectivity index (χ1) is 4.63. The summed E-state index contributed by atoms with van der Waals surface area (Å²) in [6.45, 7) is 1.80. The van der Waals surface area contributed by atoms with Gasteiger partial charge in [0, 0.05) is 19.6 Å². The number of aliphatic hydroxyl groups is 1. The van der Waals surface area contributed by atoms with Gasteiger partial charge in [-0.3, -0.25) is 4.79 Å². The second-order valence-corrected chi connectivity index (χ2v) is 2.25. The van der Waals surface area contributed by atoms with E-state index in [1.54, 1.807) is 7.05 Å². The summed E-state index contributed by atoms with van der Waals surface area (Å²) in [6.07, 6.45) is 0. The quantitative estimate of drug-likeness (QED) is 0.524. The number of amides is 1. The molecule has 0 aromatic heterocycles. The summed E-state index contributed by atoms with van der Waals surface area (Å²) < 4.78 is 0. The summed E-state index contributed by atoms with van der Waals surface area (Å²) in [5, 5.41) is 8.42. The van der Waals surface area contributed by atoms with E-state index in [1.807, 2.05) is 6.92 Å². The third-order valence-electron chi connectivity index (χ3n) is 1.53. The van der Waals surface area contributed by atoms with Crippen molar-refractivity contribution in [2.75, 3.05) is 20.2 Å². The number of nitrogens with two attached hydrogens (primary N) is 1. The van der Waals surface area contributed by atoms with Gasteiger partial charge in [0.05, 0.1) is 0 Å². The summed E-state index contributed by atoms with van der Waals surface area (Å²) in [5.41, 5.74) is 5.29. The van der Waals surface area contributed by atoms with Crippen molar-refractivity contribution in [3.63, 3.8) is 0 Å². The Bertz CT molecular complexity index is 116. The molecule has 0 spiro atoms. The molecule has 1 amide bonds. The van der Waals surface area contributed by atoms with Crippen LogP contribution in [0.1, 0.15) is 6.92 Å². The normalized spacial score (nSPS) is 12.8. The molecule has 4 heteroatoms. The molecule has 3 N–H and O–H groups in total. The van der Waals surface area contributed by atoms with E-state index in [2.05, 4.69) is 0 Å². The number of nitrogens with zero attached hydrogens (tertiary/aromatic N) is 1. The Kier molecular flexibility index (Phi) is 3.99. The third-order valence-corrected chi connectivity index (χ3v) is 1.53. The highest BCUT2D eigenvalue weighted by Gasteiger charge is 2.11. The fourth-order valence-electron chi connectivity index (χ4n) is 0.515. The molecular formula is C6H14N2O2. The lowest BCUT2D eigenvalue weighted by Crippen LogP contribution is -2.41. The fourth-order valence-corrected chi connectivity index (χ4v) is 0.515. The van der Waals surface area contributed by atoms with Crippen molar-refractivity contribution in [2.24, 2.45) is 5.73 Å². The van der Waals surface area contributed by atoms with Gasteiger partial charge in [-0.25, -0.2) is 0 Å². The third kappa shape index (κ3) is 2.33. The standard InChI is InChI=1S/C6H14N2O2/c1-5(3-7)8(2)6(10)4-9/h5,9H,3-4,7H2,1-2H3. The van der Waals surface area contributed by atoms with Crippen LogP contribution in [0.2, 0.25) is 0 Å².